The molecule has 1 atom stereocenters. The smallest absolute Gasteiger partial charge is 0.261 e. The Bertz CT molecular complexity index is 838. The molecule has 0 radical (unpaired) electrons. The van der Waals surface area contributed by atoms with Crippen LogP contribution in [0.1, 0.15) is 29.8 Å². The fraction of sp³-hybridized carbons (Fsp3) is 0.316. The number of anilines is 1. The van der Waals surface area contributed by atoms with Crippen LogP contribution in [-0.2, 0) is 10.0 Å². The van der Waals surface area contributed by atoms with Gasteiger partial charge in [-0.3, -0.25) is 9.52 Å². The molecule has 8 heteroatoms. The van der Waals surface area contributed by atoms with E-state index in [9.17, 15) is 13.2 Å². The van der Waals surface area contributed by atoms with Gasteiger partial charge in [-0.2, -0.15) is 0 Å². The zero-order valence-electron chi connectivity index (χ0n) is 15.7. The lowest BCUT2D eigenvalue weighted by molar-refractivity contribution is 0.0950. The van der Waals surface area contributed by atoms with Crippen LogP contribution in [0.15, 0.2) is 53.4 Å². The van der Waals surface area contributed by atoms with Gasteiger partial charge in [0.2, 0.25) is 0 Å². The van der Waals surface area contributed by atoms with Crippen molar-refractivity contribution in [3.05, 3.63) is 59.7 Å². The highest BCUT2D eigenvalue weighted by atomic mass is 35.5. The second-order valence-corrected chi connectivity index (χ2v) is 7.85. The fourth-order valence-electron chi connectivity index (χ4n) is 2.39. The Morgan fingerprint density at radius 3 is 2.19 bits per heavy atom. The van der Waals surface area contributed by atoms with E-state index in [1.54, 1.807) is 12.1 Å². The number of carbonyl (C=O) groups is 1. The summed E-state index contributed by atoms with van der Waals surface area (Å²) in [6.07, 6.45) is 0. The van der Waals surface area contributed by atoms with E-state index in [2.05, 4.69) is 15.4 Å². The Kier molecular flexibility index (Phi) is 8.75. The van der Waals surface area contributed by atoms with Crippen molar-refractivity contribution in [2.75, 3.05) is 17.8 Å². The van der Waals surface area contributed by atoms with E-state index in [0.29, 0.717) is 17.8 Å². The first kappa shape index (κ1) is 23.0. The molecule has 0 heterocycles. The Morgan fingerprint density at radius 1 is 1.04 bits per heavy atom. The third-order valence-corrected chi connectivity index (χ3v) is 5.25. The number of halogens is 1. The molecular formula is C19H26ClN3O3S. The van der Waals surface area contributed by atoms with Crippen LogP contribution in [0.4, 0.5) is 5.69 Å². The van der Waals surface area contributed by atoms with E-state index in [1.165, 1.54) is 24.3 Å². The molecule has 0 saturated heterocycles. The van der Waals surface area contributed by atoms with Gasteiger partial charge in [0, 0.05) is 23.8 Å². The summed E-state index contributed by atoms with van der Waals surface area (Å²) in [5, 5.41) is 6.03. The average Bonchev–Trinajstić information content (AvgIpc) is 2.62. The quantitative estimate of drug-likeness (QED) is 0.623. The monoisotopic (exact) mass is 411 g/mol. The normalized spacial score (nSPS) is 12.0. The van der Waals surface area contributed by atoms with Gasteiger partial charge in [0.1, 0.15) is 0 Å². The minimum absolute atomic E-state index is 0. The number of rotatable bonds is 8. The van der Waals surface area contributed by atoms with Crippen LogP contribution >= 0.6 is 12.4 Å². The molecule has 148 valence electrons. The predicted octanol–water partition coefficient (Wildman–Crippen LogP) is 2.95. The minimum atomic E-state index is -3.69. The van der Waals surface area contributed by atoms with Gasteiger partial charge in [-0.1, -0.05) is 24.6 Å². The number of hydrogen-bond acceptors (Lipinski definition) is 4. The highest BCUT2D eigenvalue weighted by Crippen LogP contribution is 2.17. The molecule has 0 aromatic heterocycles. The minimum Gasteiger partial charge on any atom is -0.350 e. The highest BCUT2D eigenvalue weighted by Gasteiger charge is 2.15. The van der Waals surface area contributed by atoms with Crippen molar-refractivity contribution in [2.24, 2.45) is 0 Å². The third-order valence-electron chi connectivity index (χ3n) is 3.85. The summed E-state index contributed by atoms with van der Waals surface area (Å²) >= 11 is 0. The van der Waals surface area contributed by atoms with Crippen LogP contribution in [0.25, 0.3) is 0 Å². The van der Waals surface area contributed by atoms with Gasteiger partial charge in [-0.15, -0.1) is 12.4 Å². The number of benzene rings is 2. The molecule has 27 heavy (non-hydrogen) atoms. The second-order valence-electron chi connectivity index (χ2n) is 6.16. The highest BCUT2D eigenvalue weighted by molar-refractivity contribution is 7.92. The van der Waals surface area contributed by atoms with Gasteiger partial charge in [-0.05, 0) is 56.8 Å². The van der Waals surface area contributed by atoms with Crippen molar-refractivity contribution in [2.45, 2.75) is 31.7 Å². The van der Waals surface area contributed by atoms with Gasteiger partial charge in [0.25, 0.3) is 15.9 Å². The molecule has 0 saturated carbocycles. The first-order valence-corrected chi connectivity index (χ1v) is 10.0. The Balaban J connectivity index is 0.00000364. The molecule has 0 fully saturated rings. The Morgan fingerprint density at radius 2 is 1.63 bits per heavy atom. The van der Waals surface area contributed by atoms with Crippen LogP contribution in [0, 0.1) is 6.92 Å². The summed E-state index contributed by atoms with van der Waals surface area (Å²) in [6.45, 7) is 7.25. The van der Waals surface area contributed by atoms with Gasteiger partial charge in [-0.25, -0.2) is 8.42 Å². The number of nitrogens with one attached hydrogen (secondary N) is 3. The first-order valence-electron chi connectivity index (χ1n) is 8.53. The molecule has 3 N–H and O–H groups in total. The Labute approximate surface area is 167 Å². The topological polar surface area (TPSA) is 87.3 Å². The maximum Gasteiger partial charge on any atom is 0.261 e. The largest absolute Gasteiger partial charge is 0.350 e. The number of likely N-dealkylation sites (N-methyl/N-ethyl adjacent to an activating group) is 1. The lowest BCUT2D eigenvalue weighted by Gasteiger charge is -2.13. The molecule has 0 aliphatic carbocycles. The summed E-state index contributed by atoms with van der Waals surface area (Å²) in [7, 11) is -3.69. The molecular weight excluding hydrogens is 386 g/mol. The summed E-state index contributed by atoms with van der Waals surface area (Å²) in [4.78, 5) is 12.2. The van der Waals surface area contributed by atoms with E-state index >= 15 is 0 Å². The van der Waals surface area contributed by atoms with Gasteiger partial charge in [0.15, 0.2) is 0 Å². The molecule has 0 bridgehead atoms. The summed E-state index contributed by atoms with van der Waals surface area (Å²) < 4.78 is 27.4. The summed E-state index contributed by atoms with van der Waals surface area (Å²) in [6, 6.07) is 13.1. The standard InChI is InChI=1S/C19H25N3O3S.ClH/c1-4-20-15(3)13-21-19(23)16-7-11-18(12-8-16)26(24,25)22-17-9-5-14(2)6-10-17;/h5-12,15,20,22H,4,13H2,1-3H3,(H,21,23);1H/t15-;/m1./s1. The predicted molar refractivity (Wildman–Crippen MR) is 111 cm³/mol. The zero-order valence-corrected chi connectivity index (χ0v) is 17.3. The number of hydrogen-bond donors (Lipinski definition) is 3. The van der Waals surface area contributed by atoms with E-state index in [4.69, 9.17) is 0 Å². The molecule has 0 unspecified atom stereocenters. The summed E-state index contributed by atoms with van der Waals surface area (Å²) in [5.41, 5.74) is 1.96. The van der Waals surface area contributed by atoms with Crippen LogP contribution in [0.5, 0.6) is 0 Å². The van der Waals surface area contributed by atoms with Crippen LogP contribution in [-0.4, -0.2) is 33.5 Å². The lowest BCUT2D eigenvalue weighted by Crippen LogP contribution is -2.38. The van der Waals surface area contributed by atoms with Gasteiger partial charge >= 0.3 is 0 Å². The van der Waals surface area contributed by atoms with Crippen molar-refractivity contribution in [3.8, 4) is 0 Å². The van der Waals surface area contributed by atoms with Gasteiger partial charge in [0.05, 0.1) is 4.90 Å². The molecule has 2 aromatic carbocycles. The lowest BCUT2D eigenvalue weighted by atomic mass is 10.2. The maximum atomic E-state index is 12.4. The van der Waals surface area contributed by atoms with Crippen LogP contribution < -0.4 is 15.4 Å². The molecule has 0 aliphatic rings. The van der Waals surface area contributed by atoms with Crippen molar-refractivity contribution < 1.29 is 13.2 Å². The number of aryl methyl sites for hydroxylation is 1. The Hall–Kier alpha value is -2.09. The fourth-order valence-corrected chi connectivity index (χ4v) is 3.45. The maximum absolute atomic E-state index is 12.4. The molecule has 0 aliphatic heterocycles. The van der Waals surface area contributed by atoms with E-state index in [1.807, 2.05) is 32.9 Å². The van der Waals surface area contributed by atoms with Crippen molar-refractivity contribution in [3.63, 3.8) is 0 Å². The first-order chi connectivity index (χ1) is 12.3. The SMILES string of the molecule is CCN[C@H](C)CNC(=O)c1ccc(S(=O)(=O)Nc2ccc(C)cc2)cc1.Cl. The number of carbonyl (C=O) groups excluding carboxylic acids is 1. The zero-order chi connectivity index (χ0) is 19.2. The van der Waals surface area contributed by atoms with E-state index < -0.39 is 10.0 Å². The van der Waals surface area contributed by atoms with Crippen LogP contribution in [0.3, 0.4) is 0 Å². The molecule has 2 rings (SSSR count). The molecule has 0 spiro atoms. The van der Waals surface area contributed by atoms with Crippen LogP contribution in [0.2, 0.25) is 0 Å². The molecule has 6 nitrogen and oxygen atoms in total. The van der Waals surface area contributed by atoms with Gasteiger partial charge < -0.3 is 10.6 Å². The third kappa shape index (κ3) is 6.86. The van der Waals surface area contributed by atoms with Crippen molar-refractivity contribution in [1.82, 2.24) is 10.6 Å². The van der Waals surface area contributed by atoms with Crippen molar-refractivity contribution in [1.29, 1.82) is 0 Å². The number of amides is 1. The van der Waals surface area contributed by atoms with Crippen molar-refractivity contribution >= 4 is 34.0 Å². The second kappa shape index (κ2) is 10.3. The van der Waals surface area contributed by atoms with E-state index in [0.717, 1.165) is 12.1 Å². The summed E-state index contributed by atoms with van der Waals surface area (Å²) in [5.74, 6) is -0.231. The number of sulfonamides is 1. The molecule has 2 aromatic rings. The average molecular weight is 412 g/mol. The van der Waals surface area contributed by atoms with E-state index in [-0.39, 0.29) is 29.3 Å². The molecule has 1 amide bonds.